The van der Waals surface area contributed by atoms with Crippen LogP contribution >= 0.6 is 0 Å². The van der Waals surface area contributed by atoms with Crippen molar-refractivity contribution >= 4 is 11.9 Å². The lowest BCUT2D eigenvalue weighted by atomic mass is 10.0. The van der Waals surface area contributed by atoms with Crippen LogP contribution < -0.4 is 5.32 Å². The van der Waals surface area contributed by atoms with Crippen LogP contribution in [0.25, 0.3) is 0 Å². The zero-order valence-corrected chi connectivity index (χ0v) is 17.0. The molecule has 0 bridgehead atoms. The fourth-order valence-corrected chi connectivity index (χ4v) is 2.55. The van der Waals surface area contributed by atoms with Gasteiger partial charge >= 0.3 is 11.9 Å². The number of carbonyl (C=O) groups excluding carboxylic acids is 2. The van der Waals surface area contributed by atoms with Crippen molar-refractivity contribution in [3.05, 3.63) is 35.9 Å². The maximum Gasteiger partial charge on any atom is 0.323 e. The van der Waals surface area contributed by atoms with Gasteiger partial charge in [0.15, 0.2) is 0 Å². The van der Waals surface area contributed by atoms with Crippen LogP contribution in [0, 0.1) is 5.92 Å². The van der Waals surface area contributed by atoms with Gasteiger partial charge in [-0.25, -0.2) is 0 Å². The van der Waals surface area contributed by atoms with E-state index in [1.165, 1.54) is 0 Å². The second-order valence-corrected chi connectivity index (χ2v) is 8.04. The number of hydrogen-bond donors (Lipinski definition) is 2. The van der Waals surface area contributed by atoms with Gasteiger partial charge in [-0.3, -0.25) is 14.9 Å². The number of nitrogens with one attached hydrogen (secondary N) is 1. The summed E-state index contributed by atoms with van der Waals surface area (Å²) in [4.78, 5) is 25.0. The minimum atomic E-state index is -0.776. The van der Waals surface area contributed by atoms with E-state index in [0.717, 1.165) is 5.56 Å². The number of esters is 2. The summed E-state index contributed by atoms with van der Waals surface area (Å²) in [5, 5.41) is 12.3. The first-order valence-corrected chi connectivity index (χ1v) is 9.42. The molecule has 6 nitrogen and oxygen atoms in total. The van der Waals surface area contributed by atoms with Crippen LogP contribution in [0.5, 0.6) is 0 Å². The molecule has 0 aliphatic heterocycles. The minimum Gasteiger partial charge on any atom is -0.460 e. The molecule has 1 rings (SSSR count). The molecule has 1 aromatic rings. The highest BCUT2D eigenvalue weighted by molar-refractivity contribution is 5.80. The van der Waals surface area contributed by atoms with Gasteiger partial charge in [-0.15, -0.1) is 0 Å². The summed E-state index contributed by atoms with van der Waals surface area (Å²) < 4.78 is 10.8. The fraction of sp³-hybridized carbons (Fsp3) is 0.619. The Morgan fingerprint density at radius 3 is 2.22 bits per heavy atom. The van der Waals surface area contributed by atoms with Crippen molar-refractivity contribution in [2.75, 3.05) is 6.61 Å². The third-order valence-corrected chi connectivity index (χ3v) is 3.73. The third-order valence-electron chi connectivity index (χ3n) is 3.73. The molecule has 0 aliphatic carbocycles. The molecule has 0 saturated carbocycles. The van der Waals surface area contributed by atoms with Crippen LogP contribution in [0.1, 0.15) is 53.0 Å². The lowest BCUT2D eigenvalue weighted by Crippen LogP contribution is -2.50. The van der Waals surface area contributed by atoms with Crippen LogP contribution in [0.3, 0.4) is 0 Å². The third kappa shape index (κ3) is 9.54. The highest BCUT2D eigenvalue weighted by Crippen LogP contribution is 2.13. The van der Waals surface area contributed by atoms with E-state index in [2.05, 4.69) is 5.32 Å². The zero-order valence-electron chi connectivity index (χ0n) is 17.0. The molecule has 0 spiro atoms. The summed E-state index contributed by atoms with van der Waals surface area (Å²) in [6, 6.07) is 8.00. The molecule has 0 saturated heterocycles. The normalized spacial score (nSPS) is 13.9. The SMILES string of the molecule is CC(C)C[C@H](N[C@H](CCO)C(=O)OC(C)(C)C)C(=O)OCc1ccccc1. The van der Waals surface area contributed by atoms with Gasteiger partial charge in [0, 0.05) is 6.61 Å². The summed E-state index contributed by atoms with van der Waals surface area (Å²) in [5.74, 6) is -0.680. The average molecular weight is 379 g/mol. The Balaban J connectivity index is 2.79. The Hall–Kier alpha value is -1.92. The number of aliphatic hydroxyl groups excluding tert-OH is 1. The van der Waals surface area contributed by atoms with E-state index in [-0.39, 0.29) is 25.6 Å². The molecule has 152 valence electrons. The van der Waals surface area contributed by atoms with Gasteiger partial charge in [-0.2, -0.15) is 0 Å². The van der Waals surface area contributed by atoms with Crippen molar-refractivity contribution in [1.82, 2.24) is 5.32 Å². The molecular formula is C21H33NO5. The van der Waals surface area contributed by atoms with Crippen molar-refractivity contribution in [3.63, 3.8) is 0 Å². The van der Waals surface area contributed by atoms with Crippen molar-refractivity contribution < 1.29 is 24.2 Å². The van der Waals surface area contributed by atoms with Gasteiger partial charge in [0.05, 0.1) is 0 Å². The molecule has 0 fully saturated rings. The van der Waals surface area contributed by atoms with E-state index in [0.29, 0.717) is 6.42 Å². The molecule has 0 radical (unpaired) electrons. The van der Waals surface area contributed by atoms with Gasteiger partial charge in [0.1, 0.15) is 24.3 Å². The van der Waals surface area contributed by atoms with Crippen molar-refractivity contribution in [1.29, 1.82) is 0 Å². The highest BCUT2D eigenvalue weighted by atomic mass is 16.6. The molecule has 6 heteroatoms. The Morgan fingerprint density at radius 2 is 1.70 bits per heavy atom. The van der Waals surface area contributed by atoms with Crippen LogP contribution in [-0.4, -0.2) is 41.3 Å². The van der Waals surface area contributed by atoms with E-state index in [1.54, 1.807) is 20.8 Å². The lowest BCUT2D eigenvalue weighted by Gasteiger charge is -2.27. The van der Waals surface area contributed by atoms with Crippen molar-refractivity contribution in [2.24, 2.45) is 5.92 Å². The second kappa shape index (κ2) is 11.0. The molecule has 2 N–H and O–H groups in total. The summed E-state index contributed by atoms with van der Waals surface area (Å²) in [6.45, 7) is 9.31. The minimum absolute atomic E-state index is 0.162. The monoisotopic (exact) mass is 379 g/mol. The Labute approximate surface area is 162 Å². The van der Waals surface area contributed by atoms with Crippen LogP contribution in [0.15, 0.2) is 30.3 Å². The second-order valence-electron chi connectivity index (χ2n) is 8.04. The topological polar surface area (TPSA) is 84.9 Å². The van der Waals surface area contributed by atoms with Gasteiger partial charge in [0.25, 0.3) is 0 Å². The smallest absolute Gasteiger partial charge is 0.323 e. The summed E-state index contributed by atoms with van der Waals surface area (Å²) in [5.41, 5.74) is 0.251. The molecule has 1 aromatic carbocycles. The van der Waals surface area contributed by atoms with Crippen molar-refractivity contribution in [2.45, 2.75) is 71.8 Å². The first kappa shape index (κ1) is 23.1. The highest BCUT2D eigenvalue weighted by Gasteiger charge is 2.30. The van der Waals surface area contributed by atoms with Gasteiger partial charge in [0.2, 0.25) is 0 Å². The molecule has 0 amide bonds. The number of rotatable bonds is 10. The standard InChI is InChI=1S/C21H33NO5/c1-15(2)13-18(19(24)26-14-16-9-7-6-8-10-16)22-17(11-12-23)20(25)27-21(3,4)5/h6-10,15,17-18,22-23H,11-14H2,1-5H3/t17-,18+/m1/s1. The number of benzene rings is 1. The lowest BCUT2D eigenvalue weighted by molar-refractivity contribution is -0.159. The predicted octanol–water partition coefficient (Wildman–Crippen LogP) is 2.83. The Bertz CT molecular complexity index is 580. The molecule has 0 aromatic heterocycles. The van der Waals surface area contributed by atoms with Gasteiger partial charge < -0.3 is 14.6 Å². The van der Waals surface area contributed by atoms with E-state index in [1.807, 2.05) is 44.2 Å². The molecular weight excluding hydrogens is 346 g/mol. The number of carbonyl (C=O) groups is 2. The van der Waals surface area contributed by atoms with E-state index in [4.69, 9.17) is 9.47 Å². The maximum atomic E-state index is 12.6. The Morgan fingerprint density at radius 1 is 1.07 bits per heavy atom. The molecule has 0 unspecified atom stereocenters. The molecule has 0 heterocycles. The first-order chi connectivity index (χ1) is 12.6. The number of ether oxygens (including phenoxy) is 2. The molecule has 2 atom stereocenters. The van der Waals surface area contributed by atoms with Gasteiger partial charge in [-0.1, -0.05) is 44.2 Å². The molecule has 0 aliphatic rings. The number of aliphatic hydroxyl groups is 1. The van der Waals surface area contributed by atoms with Crippen LogP contribution in [-0.2, 0) is 25.7 Å². The van der Waals surface area contributed by atoms with E-state index in [9.17, 15) is 14.7 Å². The first-order valence-electron chi connectivity index (χ1n) is 9.42. The van der Waals surface area contributed by atoms with Crippen LogP contribution in [0.4, 0.5) is 0 Å². The fourth-order valence-electron chi connectivity index (χ4n) is 2.55. The van der Waals surface area contributed by atoms with E-state index < -0.39 is 29.6 Å². The quantitative estimate of drug-likeness (QED) is 0.608. The predicted molar refractivity (Wildman–Crippen MR) is 104 cm³/mol. The summed E-state index contributed by atoms with van der Waals surface area (Å²) in [7, 11) is 0. The van der Waals surface area contributed by atoms with E-state index >= 15 is 0 Å². The number of hydrogen-bond acceptors (Lipinski definition) is 6. The summed E-state index contributed by atoms with van der Waals surface area (Å²) in [6.07, 6.45) is 0.674. The van der Waals surface area contributed by atoms with Crippen molar-refractivity contribution in [3.8, 4) is 0 Å². The zero-order chi connectivity index (χ0) is 20.4. The van der Waals surface area contributed by atoms with Crippen LogP contribution in [0.2, 0.25) is 0 Å². The Kier molecular flexibility index (Phi) is 9.46. The summed E-state index contributed by atoms with van der Waals surface area (Å²) >= 11 is 0. The largest absolute Gasteiger partial charge is 0.460 e. The van der Waals surface area contributed by atoms with Gasteiger partial charge in [-0.05, 0) is 45.1 Å². The molecule has 27 heavy (non-hydrogen) atoms. The average Bonchev–Trinajstić information content (AvgIpc) is 2.57. The maximum absolute atomic E-state index is 12.6.